The Labute approximate surface area is 256 Å². The molecular weight excluding hydrogens is 528 g/mol. The summed E-state index contributed by atoms with van der Waals surface area (Å²) in [6.07, 6.45) is 23.7. The maximum atomic E-state index is 13.0. The topological polar surface area (TPSA) is 78.9 Å². The number of benzene rings is 1. The second kappa shape index (κ2) is 26.3. The molecule has 0 unspecified atom stereocenters. The van der Waals surface area contributed by atoms with Crippen molar-refractivity contribution in [2.24, 2.45) is 0 Å². The summed E-state index contributed by atoms with van der Waals surface area (Å²) in [4.78, 5) is 38.6. The number of hydrogen-bond donors (Lipinski definition) is 0. The van der Waals surface area contributed by atoms with Crippen molar-refractivity contribution in [1.29, 1.82) is 0 Å². The predicted molar refractivity (Wildman–Crippen MR) is 171 cm³/mol. The third-order valence-corrected chi connectivity index (χ3v) is 7.64. The van der Waals surface area contributed by atoms with E-state index in [1.165, 1.54) is 88.8 Å². The van der Waals surface area contributed by atoms with Crippen LogP contribution in [0, 0.1) is 0 Å². The van der Waals surface area contributed by atoms with Crippen LogP contribution in [0.2, 0.25) is 0 Å². The normalized spacial score (nSPS) is 10.9. The van der Waals surface area contributed by atoms with E-state index in [2.05, 4.69) is 20.8 Å². The molecule has 0 radical (unpaired) electrons. The molecular formula is C36H60O6. The molecule has 0 spiro atoms. The number of rotatable bonds is 27. The Morgan fingerprint density at radius 3 is 1.17 bits per heavy atom. The van der Waals surface area contributed by atoms with Crippen molar-refractivity contribution in [2.45, 2.75) is 156 Å². The Bertz CT molecular complexity index is 849. The van der Waals surface area contributed by atoms with E-state index in [1.807, 2.05) is 0 Å². The van der Waals surface area contributed by atoms with Crippen LogP contribution >= 0.6 is 0 Å². The van der Waals surface area contributed by atoms with Crippen LogP contribution in [0.25, 0.3) is 0 Å². The molecule has 0 bridgehead atoms. The van der Waals surface area contributed by atoms with Gasteiger partial charge < -0.3 is 14.2 Å². The van der Waals surface area contributed by atoms with Gasteiger partial charge >= 0.3 is 17.9 Å². The van der Waals surface area contributed by atoms with Gasteiger partial charge in [0.15, 0.2) is 0 Å². The maximum Gasteiger partial charge on any atom is 0.339 e. The number of carbonyl (C=O) groups is 3. The van der Waals surface area contributed by atoms with Crippen LogP contribution < -0.4 is 0 Å². The summed E-state index contributed by atoms with van der Waals surface area (Å²) in [6, 6.07) is 4.44. The molecule has 0 aliphatic rings. The highest BCUT2D eigenvalue weighted by molar-refractivity contribution is 6.05. The summed E-state index contributed by atoms with van der Waals surface area (Å²) in [7, 11) is 0. The summed E-state index contributed by atoms with van der Waals surface area (Å²) in [6.45, 7) is 7.51. The fourth-order valence-corrected chi connectivity index (χ4v) is 4.93. The predicted octanol–water partition coefficient (Wildman–Crippen LogP) is 10.4. The van der Waals surface area contributed by atoms with Gasteiger partial charge in [0.1, 0.15) is 0 Å². The fraction of sp³-hybridized carbons (Fsp3) is 0.750. The fourth-order valence-electron chi connectivity index (χ4n) is 4.93. The zero-order chi connectivity index (χ0) is 30.7. The Morgan fingerprint density at radius 2 is 0.762 bits per heavy atom. The molecule has 0 atom stereocenters. The molecule has 1 aromatic carbocycles. The van der Waals surface area contributed by atoms with Gasteiger partial charge in [-0.3, -0.25) is 0 Å². The Hall–Kier alpha value is -2.37. The first-order chi connectivity index (χ1) is 20.5. The first-order valence-corrected chi connectivity index (χ1v) is 17.2. The first-order valence-electron chi connectivity index (χ1n) is 17.2. The van der Waals surface area contributed by atoms with Crippen LogP contribution in [-0.4, -0.2) is 37.7 Å². The lowest BCUT2D eigenvalue weighted by Crippen LogP contribution is -2.17. The Balaban J connectivity index is 2.64. The minimum atomic E-state index is -0.607. The van der Waals surface area contributed by atoms with Gasteiger partial charge in [-0.25, -0.2) is 14.4 Å². The van der Waals surface area contributed by atoms with Crippen molar-refractivity contribution in [1.82, 2.24) is 0 Å². The van der Waals surface area contributed by atoms with Crippen molar-refractivity contribution in [3.63, 3.8) is 0 Å². The summed E-state index contributed by atoms with van der Waals surface area (Å²) in [5.74, 6) is -1.67. The van der Waals surface area contributed by atoms with Crippen LogP contribution in [0.15, 0.2) is 18.2 Å². The highest BCUT2D eigenvalue weighted by Gasteiger charge is 2.22. The zero-order valence-corrected chi connectivity index (χ0v) is 27.2. The van der Waals surface area contributed by atoms with E-state index in [4.69, 9.17) is 14.2 Å². The average Bonchev–Trinajstić information content (AvgIpc) is 3.00. The standard InChI is InChI=1S/C36H60O6/c1-4-7-10-13-15-16-18-21-23-27-40-34(37)31-25-26-32(35(38)41-28-22-19-12-9-6-3)33(30-31)36(39)42-29-24-20-17-14-11-8-5-2/h25-26,30H,4-24,27-29H2,1-3H3. The van der Waals surface area contributed by atoms with Crippen molar-refractivity contribution >= 4 is 17.9 Å². The molecule has 6 nitrogen and oxygen atoms in total. The van der Waals surface area contributed by atoms with Crippen molar-refractivity contribution < 1.29 is 28.6 Å². The van der Waals surface area contributed by atoms with Gasteiger partial charge in [0.25, 0.3) is 0 Å². The maximum absolute atomic E-state index is 13.0. The first kappa shape index (κ1) is 37.7. The zero-order valence-electron chi connectivity index (χ0n) is 27.2. The summed E-state index contributed by atoms with van der Waals surface area (Å²) in [5.41, 5.74) is 0.431. The Kier molecular flexibility index (Phi) is 23.6. The molecule has 1 rings (SSSR count). The number of hydrogen-bond acceptors (Lipinski definition) is 6. The van der Waals surface area contributed by atoms with Crippen LogP contribution in [0.4, 0.5) is 0 Å². The molecule has 240 valence electrons. The molecule has 42 heavy (non-hydrogen) atoms. The Morgan fingerprint density at radius 1 is 0.429 bits per heavy atom. The average molecular weight is 589 g/mol. The second-order valence-electron chi connectivity index (χ2n) is 11.5. The molecule has 0 amide bonds. The molecule has 0 N–H and O–H groups in total. The summed E-state index contributed by atoms with van der Waals surface area (Å²) in [5, 5.41) is 0. The van der Waals surface area contributed by atoms with E-state index in [-0.39, 0.29) is 23.3 Å². The lowest BCUT2D eigenvalue weighted by Gasteiger charge is -2.12. The highest BCUT2D eigenvalue weighted by Crippen LogP contribution is 2.18. The van der Waals surface area contributed by atoms with Gasteiger partial charge in [0.2, 0.25) is 0 Å². The number of unbranched alkanes of at least 4 members (excludes halogenated alkanes) is 18. The molecule has 1 aromatic rings. The van der Waals surface area contributed by atoms with E-state index < -0.39 is 17.9 Å². The highest BCUT2D eigenvalue weighted by atomic mass is 16.5. The number of esters is 3. The largest absolute Gasteiger partial charge is 0.462 e. The summed E-state index contributed by atoms with van der Waals surface area (Å²) < 4.78 is 16.5. The molecule has 0 saturated heterocycles. The molecule has 0 aromatic heterocycles. The van der Waals surface area contributed by atoms with E-state index in [1.54, 1.807) is 0 Å². The third-order valence-electron chi connectivity index (χ3n) is 7.64. The van der Waals surface area contributed by atoms with E-state index in [9.17, 15) is 14.4 Å². The van der Waals surface area contributed by atoms with Crippen LogP contribution in [0.3, 0.4) is 0 Å². The lowest BCUT2D eigenvalue weighted by molar-refractivity contribution is 0.0448. The van der Waals surface area contributed by atoms with Crippen molar-refractivity contribution in [3.05, 3.63) is 34.9 Å². The van der Waals surface area contributed by atoms with Crippen LogP contribution in [-0.2, 0) is 14.2 Å². The van der Waals surface area contributed by atoms with Gasteiger partial charge in [-0.15, -0.1) is 0 Å². The minimum Gasteiger partial charge on any atom is -0.462 e. The molecule has 6 heteroatoms. The molecule has 0 aliphatic heterocycles. The van der Waals surface area contributed by atoms with Gasteiger partial charge in [0, 0.05) is 0 Å². The second-order valence-corrected chi connectivity index (χ2v) is 11.5. The van der Waals surface area contributed by atoms with E-state index in [0.717, 1.165) is 64.2 Å². The SMILES string of the molecule is CCCCCCCCCCCOC(=O)c1ccc(C(=O)OCCCCCCC)c(C(=O)OCCCCCCCCC)c1. The quantitative estimate of drug-likeness (QED) is 0.0578. The van der Waals surface area contributed by atoms with Gasteiger partial charge in [-0.2, -0.15) is 0 Å². The molecule has 0 fully saturated rings. The molecule has 0 heterocycles. The van der Waals surface area contributed by atoms with Gasteiger partial charge in [0.05, 0.1) is 36.5 Å². The van der Waals surface area contributed by atoms with Crippen LogP contribution in [0.5, 0.6) is 0 Å². The minimum absolute atomic E-state index is 0.0615. The molecule has 0 saturated carbocycles. The lowest BCUT2D eigenvalue weighted by atomic mass is 10.0. The van der Waals surface area contributed by atoms with E-state index >= 15 is 0 Å². The monoisotopic (exact) mass is 588 g/mol. The van der Waals surface area contributed by atoms with Crippen molar-refractivity contribution in [2.75, 3.05) is 19.8 Å². The van der Waals surface area contributed by atoms with Crippen LogP contribution in [0.1, 0.15) is 187 Å². The number of ether oxygens (including phenoxy) is 3. The van der Waals surface area contributed by atoms with Crippen molar-refractivity contribution in [3.8, 4) is 0 Å². The molecule has 0 aliphatic carbocycles. The van der Waals surface area contributed by atoms with Gasteiger partial charge in [-0.05, 0) is 37.5 Å². The number of carbonyl (C=O) groups excluding carboxylic acids is 3. The third kappa shape index (κ3) is 18.2. The van der Waals surface area contributed by atoms with Gasteiger partial charge in [-0.1, -0.05) is 136 Å². The smallest absolute Gasteiger partial charge is 0.339 e. The summed E-state index contributed by atoms with van der Waals surface area (Å²) >= 11 is 0. The van der Waals surface area contributed by atoms with E-state index in [0.29, 0.717) is 13.2 Å².